The number of hydrogen-bond acceptors (Lipinski definition) is 5. The minimum Gasteiger partial charge on any atom is -0.507 e. The van der Waals surface area contributed by atoms with E-state index in [2.05, 4.69) is 5.10 Å². The Balaban J connectivity index is 1.98. The Hall–Kier alpha value is -2.02. The van der Waals surface area contributed by atoms with Gasteiger partial charge in [0.2, 0.25) is 0 Å². The molecule has 20 heavy (non-hydrogen) atoms. The SMILES string of the molecule is COc1ccc(-c2cnn(S(=O)(=O)C3CC3)c2)c(O)c1. The molecule has 1 aliphatic rings. The maximum absolute atomic E-state index is 12.0. The zero-order valence-corrected chi connectivity index (χ0v) is 11.7. The third-order valence-electron chi connectivity index (χ3n) is 3.28. The van der Waals surface area contributed by atoms with Crippen molar-refractivity contribution < 1.29 is 18.3 Å². The maximum atomic E-state index is 12.0. The Morgan fingerprint density at radius 3 is 2.75 bits per heavy atom. The molecule has 0 aliphatic heterocycles. The number of hydrogen-bond donors (Lipinski definition) is 1. The lowest BCUT2D eigenvalue weighted by Gasteiger charge is -2.05. The molecule has 0 unspecified atom stereocenters. The molecule has 0 saturated heterocycles. The van der Waals surface area contributed by atoms with E-state index >= 15 is 0 Å². The molecule has 0 bridgehead atoms. The number of nitrogens with zero attached hydrogens (tertiary/aromatic N) is 2. The monoisotopic (exact) mass is 294 g/mol. The average molecular weight is 294 g/mol. The second-order valence-corrected chi connectivity index (χ2v) is 6.80. The van der Waals surface area contributed by atoms with Gasteiger partial charge in [-0.1, -0.05) is 0 Å². The first-order chi connectivity index (χ1) is 9.52. The normalized spacial score (nSPS) is 15.2. The van der Waals surface area contributed by atoms with Crippen LogP contribution in [-0.2, 0) is 10.0 Å². The number of benzene rings is 1. The van der Waals surface area contributed by atoms with Crippen LogP contribution in [0.1, 0.15) is 12.8 Å². The first-order valence-corrected chi connectivity index (χ1v) is 7.69. The molecule has 1 aliphatic carbocycles. The Morgan fingerprint density at radius 2 is 2.15 bits per heavy atom. The molecule has 1 aromatic carbocycles. The Bertz CT molecular complexity index is 747. The molecule has 6 nitrogen and oxygen atoms in total. The molecule has 0 atom stereocenters. The molecular weight excluding hydrogens is 280 g/mol. The van der Waals surface area contributed by atoms with Crippen LogP contribution < -0.4 is 4.74 Å². The zero-order valence-electron chi connectivity index (χ0n) is 10.9. The summed E-state index contributed by atoms with van der Waals surface area (Å²) >= 11 is 0. The highest BCUT2D eigenvalue weighted by Gasteiger charge is 2.37. The predicted molar refractivity (Wildman–Crippen MR) is 73.2 cm³/mol. The van der Waals surface area contributed by atoms with Crippen molar-refractivity contribution >= 4 is 10.0 Å². The van der Waals surface area contributed by atoms with Crippen LogP contribution in [0.4, 0.5) is 0 Å². The molecule has 1 heterocycles. The largest absolute Gasteiger partial charge is 0.507 e. The second kappa shape index (κ2) is 4.52. The van der Waals surface area contributed by atoms with Gasteiger partial charge in [0.1, 0.15) is 11.5 Å². The molecule has 0 radical (unpaired) electrons. The van der Waals surface area contributed by atoms with Gasteiger partial charge in [-0.2, -0.15) is 9.19 Å². The Labute approximate surface area is 116 Å². The highest BCUT2D eigenvalue weighted by atomic mass is 32.2. The summed E-state index contributed by atoms with van der Waals surface area (Å²) in [6.45, 7) is 0. The second-order valence-electron chi connectivity index (χ2n) is 4.73. The van der Waals surface area contributed by atoms with E-state index in [-0.39, 0.29) is 11.0 Å². The molecule has 0 spiro atoms. The topological polar surface area (TPSA) is 81.4 Å². The smallest absolute Gasteiger partial charge is 0.256 e. The standard InChI is InChI=1S/C13H14N2O4S/c1-19-10-2-5-12(13(16)6-10)9-7-14-15(8-9)20(17,18)11-3-4-11/h2,5-8,11,16H,3-4H2,1H3. The zero-order chi connectivity index (χ0) is 14.3. The Kier molecular flexibility index (Phi) is 2.93. The first-order valence-electron chi connectivity index (χ1n) is 6.19. The lowest BCUT2D eigenvalue weighted by molar-refractivity contribution is 0.408. The number of ether oxygens (including phenoxy) is 1. The third-order valence-corrected chi connectivity index (χ3v) is 5.32. The highest BCUT2D eigenvalue weighted by molar-refractivity contribution is 7.90. The van der Waals surface area contributed by atoms with E-state index < -0.39 is 10.0 Å². The van der Waals surface area contributed by atoms with Gasteiger partial charge >= 0.3 is 0 Å². The van der Waals surface area contributed by atoms with Crippen LogP contribution in [0.2, 0.25) is 0 Å². The fraction of sp³-hybridized carbons (Fsp3) is 0.308. The summed E-state index contributed by atoms with van der Waals surface area (Å²) in [5.41, 5.74) is 1.07. The molecule has 1 aromatic heterocycles. The summed E-state index contributed by atoms with van der Waals surface area (Å²) in [6, 6.07) is 4.84. The van der Waals surface area contributed by atoms with Crippen LogP contribution in [0, 0.1) is 0 Å². The fourth-order valence-electron chi connectivity index (χ4n) is 1.98. The molecular formula is C13H14N2O4S. The number of rotatable bonds is 4. The van der Waals surface area contributed by atoms with Gasteiger partial charge in [-0.3, -0.25) is 0 Å². The molecule has 3 rings (SSSR count). The summed E-state index contributed by atoms with van der Waals surface area (Å²) in [5, 5.41) is 13.5. The van der Waals surface area contributed by atoms with E-state index in [0.29, 0.717) is 29.7 Å². The molecule has 1 saturated carbocycles. The van der Waals surface area contributed by atoms with Crippen molar-refractivity contribution in [1.29, 1.82) is 0 Å². The fourth-order valence-corrected chi connectivity index (χ4v) is 3.46. The van der Waals surface area contributed by atoms with Gasteiger partial charge in [0.05, 0.1) is 24.8 Å². The van der Waals surface area contributed by atoms with Crippen molar-refractivity contribution in [2.24, 2.45) is 0 Å². The number of aromatic nitrogens is 2. The van der Waals surface area contributed by atoms with E-state index in [1.807, 2.05) is 0 Å². The van der Waals surface area contributed by atoms with Gasteiger partial charge in [-0.05, 0) is 25.0 Å². The predicted octanol–water partition coefficient (Wildman–Crippen LogP) is 1.60. The van der Waals surface area contributed by atoms with Gasteiger partial charge < -0.3 is 9.84 Å². The number of aromatic hydroxyl groups is 1. The Morgan fingerprint density at radius 1 is 1.40 bits per heavy atom. The van der Waals surface area contributed by atoms with Gasteiger partial charge in [0.15, 0.2) is 0 Å². The van der Waals surface area contributed by atoms with Crippen LogP contribution in [0.5, 0.6) is 11.5 Å². The van der Waals surface area contributed by atoms with E-state index in [4.69, 9.17) is 4.74 Å². The van der Waals surface area contributed by atoms with E-state index in [9.17, 15) is 13.5 Å². The number of methoxy groups -OCH3 is 1. The summed E-state index contributed by atoms with van der Waals surface area (Å²) in [4.78, 5) is 0. The summed E-state index contributed by atoms with van der Waals surface area (Å²) in [6.07, 6.45) is 4.23. The van der Waals surface area contributed by atoms with Crippen LogP contribution in [0.15, 0.2) is 30.6 Å². The minimum absolute atomic E-state index is 0.0210. The first kappa shape index (κ1) is 13.0. The summed E-state index contributed by atoms with van der Waals surface area (Å²) in [7, 11) is -1.87. The maximum Gasteiger partial charge on any atom is 0.256 e. The number of phenols is 1. The van der Waals surface area contributed by atoms with Crippen molar-refractivity contribution in [3.8, 4) is 22.6 Å². The average Bonchev–Trinajstić information content (AvgIpc) is 3.17. The van der Waals surface area contributed by atoms with Crippen molar-refractivity contribution in [3.05, 3.63) is 30.6 Å². The van der Waals surface area contributed by atoms with E-state index in [1.54, 1.807) is 12.1 Å². The lowest BCUT2D eigenvalue weighted by atomic mass is 10.1. The highest BCUT2D eigenvalue weighted by Crippen LogP contribution is 2.34. The van der Waals surface area contributed by atoms with E-state index in [0.717, 1.165) is 4.09 Å². The lowest BCUT2D eigenvalue weighted by Crippen LogP contribution is -2.17. The van der Waals surface area contributed by atoms with Crippen LogP contribution >= 0.6 is 0 Å². The molecule has 1 N–H and O–H groups in total. The third kappa shape index (κ3) is 2.14. The van der Waals surface area contributed by atoms with Crippen LogP contribution in [0.25, 0.3) is 11.1 Å². The van der Waals surface area contributed by atoms with Crippen LogP contribution in [-0.4, -0.2) is 35.1 Å². The molecule has 1 fully saturated rings. The summed E-state index contributed by atoms with van der Waals surface area (Å²) < 4.78 is 30.1. The van der Waals surface area contributed by atoms with Gasteiger partial charge in [0.25, 0.3) is 10.0 Å². The molecule has 106 valence electrons. The number of phenolic OH excluding ortho intramolecular Hbond substituents is 1. The molecule has 0 amide bonds. The molecule has 2 aromatic rings. The quantitative estimate of drug-likeness (QED) is 0.926. The van der Waals surface area contributed by atoms with Crippen LogP contribution in [0.3, 0.4) is 0 Å². The van der Waals surface area contributed by atoms with Gasteiger partial charge in [0, 0.05) is 17.2 Å². The van der Waals surface area contributed by atoms with Gasteiger partial charge in [-0.15, -0.1) is 0 Å². The summed E-state index contributed by atoms with van der Waals surface area (Å²) in [5.74, 6) is 0.553. The van der Waals surface area contributed by atoms with Crippen molar-refractivity contribution in [2.75, 3.05) is 7.11 Å². The van der Waals surface area contributed by atoms with Gasteiger partial charge in [-0.25, -0.2) is 8.42 Å². The molecule has 7 heteroatoms. The van der Waals surface area contributed by atoms with Crippen molar-refractivity contribution in [2.45, 2.75) is 18.1 Å². The minimum atomic E-state index is -3.38. The van der Waals surface area contributed by atoms with E-state index in [1.165, 1.54) is 25.6 Å². The van der Waals surface area contributed by atoms with Crippen molar-refractivity contribution in [3.63, 3.8) is 0 Å². The van der Waals surface area contributed by atoms with Crippen molar-refractivity contribution in [1.82, 2.24) is 9.19 Å².